The molecule has 0 N–H and O–H groups in total. The number of hydrogen-bond donors (Lipinski definition) is 0. The molecule has 0 saturated carbocycles. The number of benzene rings is 1. The number of hydrogen-bond acceptors (Lipinski definition) is 6. The van der Waals surface area contributed by atoms with Gasteiger partial charge < -0.3 is 14.2 Å². The van der Waals surface area contributed by atoms with Crippen LogP contribution in [-0.4, -0.2) is 41.9 Å². The Balaban J connectivity index is 1.50. The third-order valence-electron chi connectivity index (χ3n) is 4.82. The van der Waals surface area contributed by atoms with Gasteiger partial charge in [0.15, 0.2) is 0 Å². The van der Waals surface area contributed by atoms with Crippen molar-refractivity contribution in [3.8, 4) is 22.8 Å². The van der Waals surface area contributed by atoms with Gasteiger partial charge in [0.1, 0.15) is 5.82 Å². The van der Waals surface area contributed by atoms with Crippen LogP contribution in [0, 0.1) is 12.8 Å². The molecule has 4 rings (SSSR count). The highest BCUT2D eigenvalue weighted by Crippen LogP contribution is 2.26. The monoisotopic (exact) mass is 350 g/mol. The van der Waals surface area contributed by atoms with E-state index in [1.165, 1.54) is 0 Å². The lowest BCUT2D eigenvalue weighted by molar-refractivity contribution is 0.161. The molecule has 1 aliphatic rings. The average molecular weight is 350 g/mol. The molecule has 1 saturated heterocycles. The van der Waals surface area contributed by atoms with Crippen LogP contribution in [0.1, 0.15) is 12.0 Å². The van der Waals surface area contributed by atoms with Crippen LogP contribution in [0.15, 0.2) is 47.1 Å². The highest BCUT2D eigenvalue weighted by Gasteiger charge is 2.23. The Bertz CT molecular complexity index is 876. The van der Waals surface area contributed by atoms with E-state index in [0.717, 1.165) is 48.6 Å². The molecular weight excluding hydrogens is 328 g/mol. The van der Waals surface area contributed by atoms with Crippen molar-refractivity contribution in [2.45, 2.75) is 13.3 Å². The summed E-state index contributed by atoms with van der Waals surface area (Å²) >= 11 is 0. The van der Waals surface area contributed by atoms with Crippen molar-refractivity contribution in [2.75, 3.05) is 31.7 Å². The van der Waals surface area contributed by atoms with E-state index in [9.17, 15) is 0 Å². The first-order valence-corrected chi connectivity index (χ1v) is 8.84. The summed E-state index contributed by atoms with van der Waals surface area (Å²) < 4.78 is 10.7. The summed E-state index contributed by atoms with van der Waals surface area (Å²) in [6.07, 6.45) is 2.94. The van der Waals surface area contributed by atoms with Crippen LogP contribution < -0.4 is 4.90 Å². The number of rotatable bonds is 5. The van der Waals surface area contributed by atoms with Gasteiger partial charge in [-0.1, -0.05) is 29.4 Å². The fraction of sp³-hybridized carbons (Fsp3) is 0.350. The summed E-state index contributed by atoms with van der Waals surface area (Å²) in [4.78, 5) is 11.4. The van der Waals surface area contributed by atoms with Gasteiger partial charge in [-0.3, -0.25) is 0 Å². The van der Waals surface area contributed by atoms with E-state index < -0.39 is 0 Å². The zero-order valence-corrected chi connectivity index (χ0v) is 15.1. The average Bonchev–Trinajstić information content (AvgIpc) is 3.32. The smallest absolute Gasteiger partial charge is 0.259 e. The first-order valence-electron chi connectivity index (χ1n) is 8.84. The van der Waals surface area contributed by atoms with Crippen molar-refractivity contribution in [1.29, 1.82) is 0 Å². The van der Waals surface area contributed by atoms with E-state index >= 15 is 0 Å². The quantitative estimate of drug-likeness (QED) is 0.701. The molecule has 3 aromatic rings. The molecule has 0 aliphatic carbocycles. The minimum absolute atomic E-state index is 0.487. The van der Waals surface area contributed by atoms with E-state index in [2.05, 4.69) is 20.0 Å². The summed E-state index contributed by atoms with van der Waals surface area (Å²) in [6.45, 7) is 4.84. The lowest BCUT2D eigenvalue weighted by atomic mass is 10.1. The Morgan fingerprint density at radius 3 is 2.88 bits per heavy atom. The standard InChI is InChI=1S/C20H22N4O2/c1-14-5-3-4-6-17(14)19-22-20(26-23-19)16-7-8-18(21-11-16)24-10-9-15(12-24)13-25-2/h3-8,11,15H,9-10,12-13H2,1-2H3. The van der Waals surface area contributed by atoms with E-state index in [4.69, 9.17) is 9.26 Å². The van der Waals surface area contributed by atoms with Gasteiger partial charge >= 0.3 is 0 Å². The Hall–Kier alpha value is -2.73. The Morgan fingerprint density at radius 1 is 1.23 bits per heavy atom. The molecule has 1 fully saturated rings. The molecule has 26 heavy (non-hydrogen) atoms. The first-order chi connectivity index (χ1) is 12.7. The molecule has 0 spiro atoms. The Kier molecular flexibility index (Phi) is 4.67. The van der Waals surface area contributed by atoms with Crippen molar-refractivity contribution < 1.29 is 9.26 Å². The second kappa shape index (κ2) is 7.25. The minimum atomic E-state index is 0.487. The van der Waals surface area contributed by atoms with Gasteiger partial charge in [0.05, 0.1) is 12.2 Å². The second-order valence-corrected chi connectivity index (χ2v) is 6.70. The van der Waals surface area contributed by atoms with Crippen molar-refractivity contribution in [1.82, 2.24) is 15.1 Å². The van der Waals surface area contributed by atoms with Gasteiger partial charge in [-0.25, -0.2) is 4.98 Å². The summed E-state index contributed by atoms with van der Waals surface area (Å²) in [5.74, 6) is 2.64. The first kappa shape index (κ1) is 16.7. The van der Waals surface area contributed by atoms with Crippen molar-refractivity contribution in [3.05, 3.63) is 48.2 Å². The summed E-state index contributed by atoms with van der Waals surface area (Å²) in [6, 6.07) is 12.0. The molecule has 134 valence electrons. The molecule has 6 nitrogen and oxygen atoms in total. The zero-order chi connectivity index (χ0) is 17.9. The molecule has 0 bridgehead atoms. The van der Waals surface area contributed by atoms with Crippen LogP contribution in [0.4, 0.5) is 5.82 Å². The van der Waals surface area contributed by atoms with Crippen molar-refractivity contribution >= 4 is 5.82 Å². The summed E-state index contributed by atoms with van der Waals surface area (Å²) in [5.41, 5.74) is 2.93. The van der Waals surface area contributed by atoms with Crippen LogP contribution in [0.3, 0.4) is 0 Å². The second-order valence-electron chi connectivity index (χ2n) is 6.70. The predicted octanol–water partition coefficient (Wildman–Crippen LogP) is 3.58. The SMILES string of the molecule is COCC1CCN(c2ccc(-c3nc(-c4ccccc4C)no3)cn2)C1. The third-order valence-corrected chi connectivity index (χ3v) is 4.82. The van der Waals surface area contributed by atoms with E-state index in [0.29, 0.717) is 17.6 Å². The topological polar surface area (TPSA) is 64.3 Å². The van der Waals surface area contributed by atoms with Crippen molar-refractivity contribution in [2.24, 2.45) is 5.92 Å². The Morgan fingerprint density at radius 2 is 2.12 bits per heavy atom. The molecule has 1 aromatic carbocycles. The maximum Gasteiger partial charge on any atom is 0.259 e. The Labute approximate surface area is 152 Å². The normalized spacial score (nSPS) is 17.0. The van der Waals surface area contributed by atoms with Gasteiger partial charge in [0.25, 0.3) is 5.89 Å². The molecule has 3 heterocycles. The number of anilines is 1. The number of aromatic nitrogens is 3. The molecule has 1 atom stereocenters. The lowest BCUT2D eigenvalue weighted by Gasteiger charge is -2.17. The molecule has 1 aliphatic heterocycles. The van der Waals surface area contributed by atoms with Crippen LogP contribution in [0.2, 0.25) is 0 Å². The number of ether oxygens (including phenoxy) is 1. The van der Waals surface area contributed by atoms with Crippen LogP contribution in [0.25, 0.3) is 22.8 Å². The highest BCUT2D eigenvalue weighted by molar-refractivity contribution is 5.62. The van der Waals surface area contributed by atoms with Gasteiger partial charge in [-0.2, -0.15) is 4.98 Å². The van der Waals surface area contributed by atoms with Crippen LogP contribution in [0.5, 0.6) is 0 Å². The molecule has 6 heteroatoms. The number of pyridine rings is 1. The fourth-order valence-electron chi connectivity index (χ4n) is 3.39. The van der Waals surface area contributed by atoms with E-state index in [1.807, 2.05) is 43.3 Å². The molecule has 0 radical (unpaired) electrons. The summed E-state index contributed by atoms with van der Waals surface area (Å²) in [7, 11) is 1.76. The fourth-order valence-corrected chi connectivity index (χ4v) is 3.39. The van der Waals surface area contributed by atoms with Gasteiger partial charge in [0, 0.05) is 37.9 Å². The van der Waals surface area contributed by atoms with E-state index in [-0.39, 0.29) is 0 Å². The van der Waals surface area contributed by atoms with Crippen molar-refractivity contribution in [3.63, 3.8) is 0 Å². The molecule has 0 amide bonds. The van der Waals surface area contributed by atoms with Crippen LogP contribution >= 0.6 is 0 Å². The highest BCUT2D eigenvalue weighted by atomic mass is 16.5. The lowest BCUT2D eigenvalue weighted by Crippen LogP contribution is -2.21. The molecule has 2 aromatic heterocycles. The summed E-state index contributed by atoms with van der Waals surface area (Å²) in [5, 5.41) is 4.12. The number of methoxy groups -OCH3 is 1. The van der Waals surface area contributed by atoms with Gasteiger partial charge in [0.2, 0.25) is 5.82 Å². The number of nitrogens with zero attached hydrogens (tertiary/aromatic N) is 4. The predicted molar refractivity (Wildman–Crippen MR) is 99.9 cm³/mol. The van der Waals surface area contributed by atoms with Gasteiger partial charge in [-0.15, -0.1) is 0 Å². The van der Waals surface area contributed by atoms with Crippen LogP contribution in [-0.2, 0) is 4.74 Å². The molecular formula is C20H22N4O2. The maximum absolute atomic E-state index is 5.44. The zero-order valence-electron chi connectivity index (χ0n) is 15.1. The maximum atomic E-state index is 5.44. The third kappa shape index (κ3) is 3.32. The van der Waals surface area contributed by atoms with E-state index in [1.54, 1.807) is 13.3 Å². The molecule has 1 unspecified atom stereocenters. The largest absolute Gasteiger partial charge is 0.384 e. The number of aryl methyl sites for hydroxylation is 1. The van der Waals surface area contributed by atoms with Gasteiger partial charge in [-0.05, 0) is 31.0 Å². The minimum Gasteiger partial charge on any atom is -0.384 e.